The summed E-state index contributed by atoms with van der Waals surface area (Å²) in [4.78, 5) is 49.5. The van der Waals surface area contributed by atoms with Crippen molar-refractivity contribution in [1.82, 2.24) is 4.90 Å². The molecule has 1 aliphatic heterocycles. The summed E-state index contributed by atoms with van der Waals surface area (Å²) in [5.41, 5.74) is 1.63. The highest BCUT2D eigenvalue weighted by Gasteiger charge is 2.36. The molecule has 218 valence electrons. The smallest absolute Gasteiger partial charge is 0.294 e. The quantitative estimate of drug-likeness (QED) is 0.142. The van der Waals surface area contributed by atoms with Gasteiger partial charge in [0, 0.05) is 17.8 Å². The van der Waals surface area contributed by atoms with Crippen LogP contribution in [0, 0.1) is 10.1 Å². The molecule has 0 bridgehead atoms. The van der Waals surface area contributed by atoms with E-state index in [0.717, 1.165) is 4.90 Å². The maximum atomic E-state index is 13.0. The molecular weight excluding hydrogens is 586 g/mol. The van der Waals surface area contributed by atoms with E-state index in [1.54, 1.807) is 55.5 Å². The van der Waals surface area contributed by atoms with Gasteiger partial charge in [0.25, 0.3) is 16.8 Å². The molecule has 3 amide bonds. The Balaban J connectivity index is 1.44. The molecule has 0 spiro atoms. The van der Waals surface area contributed by atoms with Gasteiger partial charge in [-0.1, -0.05) is 11.6 Å². The maximum Gasteiger partial charge on any atom is 0.294 e. The second-order valence-electron chi connectivity index (χ2n) is 8.75. The van der Waals surface area contributed by atoms with Crippen molar-refractivity contribution < 1.29 is 33.5 Å². The molecule has 3 aromatic rings. The van der Waals surface area contributed by atoms with E-state index in [4.69, 9.17) is 25.8 Å². The minimum atomic E-state index is -0.612. The number of benzene rings is 3. The average molecular weight is 612 g/mol. The summed E-state index contributed by atoms with van der Waals surface area (Å²) in [6.45, 7) is 4.09. The lowest BCUT2D eigenvalue weighted by Gasteiger charge is -2.15. The fraction of sp³-hybridized carbons (Fsp3) is 0.207. The summed E-state index contributed by atoms with van der Waals surface area (Å²) in [6.07, 6.45) is 1.49. The Morgan fingerprint density at radius 1 is 1.02 bits per heavy atom. The number of anilines is 1. The van der Waals surface area contributed by atoms with Crippen LogP contribution in [0.5, 0.6) is 17.2 Å². The fourth-order valence-corrected chi connectivity index (χ4v) is 4.99. The first kappa shape index (κ1) is 30.4. The van der Waals surface area contributed by atoms with E-state index in [1.807, 2.05) is 6.92 Å². The number of ether oxygens (including phenoxy) is 3. The highest BCUT2D eigenvalue weighted by molar-refractivity contribution is 8.18. The van der Waals surface area contributed by atoms with Crippen molar-refractivity contribution in [3.05, 3.63) is 91.8 Å². The van der Waals surface area contributed by atoms with Crippen LogP contribution in [0.25, 0.3) is 6.08 Å². The van der Waals surface area contributed by atoms with E-state index in [9.17, 15) is 24.5 Å². The molecule has 1 N–H and O–H groups in total. The summed E-state index contributed by atoms with van der Waals surface area (Å²) in [5, 5.41) is 13.2. The first-order valence-electron chi connectivity index (χ1n) is 12.8. The predicted molar refractivity (Wildman–Crippen MR) is 159 cm³/mol. The van der Waals surface area contributed by atoms with Gasteiger partial charge in [0.2, 0.25) is 5.91 Å². The molecule has 0 aromatic heterocycles. The average Bonchev–Trinajstić information content (AvgIpc) is 3.21. The van der Waals surface area contributed by atoms with Gasteiger partial charge >= 0.3 is 0 Å². The summed E-state index contributed by atoms with van der Waals surface area (Å²) >= 11 is 7.21. The van der Waals surface area contributed by atoms with E-state index in [-0.39, 0.29) is 28.0 Å². The van der Waals surface area contributed by atoms with E-state index in [0.29, 0.717) is 53.3 Å². The molecule has 42 heavy (non-hydrogen) atoms. The topological polar surface area (TPSA) is 137 Å². The molecule has 13 heteroatoms. The van der Waals surface area contributed by atoms with Crippen molar-refractivity contribution in [3.8, 4) is 17.2 Å². The van der Waals surface area contributed by atoms with Crippen LogP contribution in [0.1, 0.15) is 25.0 Å². The van der Waals surface area contributed by atoms with Crippen LogP contribution in [0.3, 0.4) is 0 Å². The number of halogens is 1. The fourth-order valence-electron chi connectivity index (χ4n) is 3.88. The first-order valence-corrected chi connectivity index (χ1v) is 14.0. The van der Waals surface area contributed by atoms with Crippen LogP contribution in [0.15, 0.2) is 65.6 Å². The Kier molecular flexibility index (Phi) is 10.0. The summed E-state index contributed by atoms with van der Waals surface area (Å²) in [5.74, 6) is 0.0850. The molecule has 0 radical (unpaired) electrons. The molecular formula is C29H26ClN3O8S. The lowest BCUT2D eigenvalue weighted by atomic mass is 10.1. The number of nitro groups is 1. The van der Waals surface area contributed by atoms with Crippen LogP contribution in [-0.4, -0.2) is 46.6 Å². The lowest BCUT2D eigenvalue weighted by molar-refractivity contribution is -0.384. The second-order valence-corrected chi connectivity index (χ2v) is 10.1. The number of nitrogens with zero attached hydrogens (tertiary/aromatic N) is 2. The van der Waals surface area contributed by atoms with Crippen LogP contribution in [-0.2, 0) is 16.2 Å². The zero-order chi connectivity index (χ0) is 30.2. The lowest BCUT2D eigenvalue weighted by Crippen LogP contribution is -2.36. The van der Waals surface area contributed by atoms with Crippen molar-refractivity contribution in [2.75, 3.05) is 25.1 Å². The van der Waals surface area contributed by atoms with E-state index >= 15 is 0 Å². The van der Waals surface area contributed by atoms with Gasteiger partial charge < -0.3 is 19.5 Å². The van der Waals surface area contributed by atoms with Crippen LogP contribution >= 0.6 is 23.4 Å². The monoisotopic (exact) mass is 611 g/mol. The first-order chi connectivity index (χ1) is 20.2. The molecule has 0 unspecified atom stereocenters. The molecule has 1 aliphatic rings. The van der Waals surface area contributed by atoms with Crippen LogP contribution in [0.2, 0.25) is 5.02 Å². The number of nitro benzene ring substituents is 1. The SMILES string of the molecule is CCOc1ccc(NC(=O)CN2C(=O)S/C(=C/c3cc(Cl)c(OCc4ccc([N+](=O)[O-])cc4)c(OCC)c3)C2=O)cc1. The van der Waals surface area contributed by atoms with Crippen LogP contribution in [0.4, 0.5) is 16.2 Å². The number of hydrogen-bond acceptors (Lipinski definition) is 9. The number of imide groups is 1. The molecule has 1 heterocycles. The minimum Gasteiger partial charge on any atom is -0.494 e. The van der Waals surface area contributed by atoms with Crippen molar-refractivity contribution in [2.24, 2.45) is 0 Å². The highest BCUT2D eigenvalue weighted by atomic mass is 35.5. The van der Waals surface area contributed by atoms with Gasteiger partial charge in [0.15, 0.2) is 11.5 Å². The number of rotatable bonds is 12. The zero-order valence-corrected chi connectivity index (χ0v) is 24.2. The predicted octanol–water partition coefficient (Wildman–Crippen LogP) is 6.30. The van der Waals surface area contributed by atoms with Crippen molar-refractivity contribution in [3.63, 3.8) is 0 Å². The molecule has 0 atom stereocenters. The summed E-state index contributed by atoms with van der Waals surface area (Å²) < 4.78 is 16.9. The molecule has 11 nitrogen and oxygen atoms in total. The van der Waals surface area contributed by atoms with E-state index in [1.165, 1.54) is 18.2 Å². The Hall–Kier alpha value is -4.55. The van der Waals surface area contributed by atoms with E-state index < -0.39 is 28.5 Å². The normalized spacial score (nSPS) is 13.8. The number of carbonyl (C=O) groups excluding carboxylic acids is 3. The second kappa shape index (κ2) is 13.9. The van der Waals surface area contributed by atoms with Gasteiger partial charge in [0.1, 0.15) is 18.9 Å². The van der Waals surface area contributed by atoms with Gasteiger partial charge in [-0.15, -0.1) is 0 Å². The third-order valence-corrected chi connectivity index (χ3v) is 6.97. The molecule has 1 fully saturated rings. The summed E-state index contributed by atoms with van der Waals surface area (Å²) in [6, 6.07) is 15.8. The number of amides is 3. The number of carbonyl (C=O) groups is 3. The van der Waals surface area contributed by atoms with E-state index in [2.05, 4.69) is 5.32 Å². The van der Waals surface area contributed by atoms with Crippen LogP contribution < -0.4 is 19.5 Å². The maximum absolute atomic E-state index is 13.0. The Morgan fingerprint density at radius 3 is 2.36 bits per heavy atom. The third-order valence-electron chi connectivity index (χ3n) is 5.78. The molecule has 1 saturated heterocycles. The zero-order valence-electron chi connectivity index (χ0n) is 22.6. The standard InChI is InChI=1S/C29H26ClN3O8S/c1-3-39-22-11-7-20(8-12-22)31-26(34)16-32-28(35)25(42-29(32)36)15-19-13-23(30)27(24(14-19)40-4-2)41-17-18-5-9-21(10-6-18)33(37)38/h5-15H,3-4,16-17H2,1-2H3,(H,31,34)/b25-15+. The Morgan fingerprint density at radius 2 is 1.71 bits per heavy atom. The molecule has 3 aromatic carbocycles. The Labute approximate surface area is 250 Å². The number of hydrogen-bond donors (Lipinski definition) is 1. The largest absolute Gasteiger partial charge is 0.494 e. The molecule has 0 saturated carbocycles. The molecule has 4 rings (SSSR count). The number of thioether (sulfide) groups is 1. The number of non-ortho nitro benzene ring substituents is 1. The van der Waals surface area contributed by atoms with Crippen molar-refractivity contribution in [1.29, 1.82) is 0 Å². The number of nitrogens with one attached hydrogen (secondary N) is 1. The van der Waals surface area contributed by atoms with Gasteiger partial charge in [0.05, 0.1) is 28.1 Å². The van der Waals surface area contributed by atoms with Crippen molar-refractivity contribution in [2.45, 2.75) is 20.5 Å². The van der Waals surface area contributed by atoms with Gasteiger partial charge in [-0.25, -0.2) is 0 Å². The molecule has 0 aliphatic carbocycles. The van der Waals surface area contributed by atoms with Gasteiger partial charge in [-0.05, 0) is 91.3 Å². The van der Waals surface area contributed by atoms with Gasteiger partial charge in [-0.2, -0.15) is 0 Å². The summed E-state index contributed by atoms with van der Waals surface area (Å²) in [7, 11) is 0. The van der Waals surface area contributed by atoms with Gasteiger partial charge in [-0.3, -0.25) is 29.4 Å². The Bertz CT molecular complexity index is 1530. The third kappa shape index (κ3) is 7.59. The highest BCUT2D eigenvalue weighted by Crippen LogP contribution is 2.39. The van der Waals surface area contributed by atoms with Crippen molar-refractivity contribution >= 4 is 57.9 Å². The minimum absolute atomic E-state index is 0.0335.